The van der Waals surface area contributed by atoms with Crippen LogP contribution in [0.5, 0.6) is 11.5 Å². The smallest absolute Gasteiger partial charge is 0.231 e. The number of fused-ring (bicyclic) bond motifs is 1. The first-order chi connectivity index (χ1) is 13.6. The molecular formula is C24H19ClO3. The summed E-state index contributed by atoms with van der Waals surface area (Å²) in [6.07, 6.45) is 2.75. The lowest BCUT2D eigenvalue weighted by atomic mass is 10.1. The van der Waals surface area contributed by atoms with Crippen LogP contribution in [0.25, 0.3) is 6.08 Å². The number of allylic oxidation sites excluding steroid dienone is 1. The fraction of sp³-hybridized carbons (Fsp3) is 0.125. The van der Waals surface area contributed by atoms with E-state index in [0.717, 1.165) is 17.5 Å². The van der Waals surface area contributed by atoms with Crippen molar-refractivity contribution in [3.63, 3.8) is 0 Å². The van der Waals surface area contributed by atoms with Crippen molar-refractivity contribution in [2.45, 2.75) is 20.0 Å². The Morgan fingerprint density at radius 3 is 2.57 bits per heavy atom. The molecule has 1 heterocycles. The minimum atomic E-state index is -0.118. The van der Waals surface area contributed by atoms with Crippen LogP contribution in [0.15, 0.2) is 72.5 Å². The Morgan fingerprint density at radius 2 is 1.82 bits per heavy atom. The second-order valence-electron chi connectivity index (χ2n) is 6.57. The van der Waals surface area contributed by atoms with E-state index >= 15 is 0 Å². The number of halogens is 1. The average Bonchev–Trinajstić information content (AvgIpc) is 3.03. The molecule has 0 N–H and O–H groups in total. The van der Waals surface area contributed by atoms with Gasteiger partial charge in [-0.3, -0.25) is 4.79 Å². The van der Waals surface area contributed by atoms with Crippen molar-refractivity contribution in [1.29, 1.82) is 0 Å². The van der Waals surface area contributed by atoms with Crippen molar-refractivity contribution < 1.29 is 14.3 Å². The molecule has 3 nitrogen and oxygen atoms in total. The van der Waals surface area contributed by atoms with Gasteiger partial charge in [0.2, 0.25) is 5.78 Å². The third kappa shape index (κ3) is 3.80. The van der Waals surface area contributed by atoms with Gasteiger partial charge < -0.3 is 9.47 Å². The zero-order valence-electron chi connectivity index (χ0n) is 15.4. The number of carbonyl (C=O) groups excluding carboxylic acids is 1. The van der Waals surface area contributed by atoms with E-state index in [1.165, 1.54) is 5.56 Å². The molecular weight excluding hydrogens is 372 g/mol. The lowest BCUT2D eigenvalue weighted by Gasteiger charge is -2.08. The van der Waals surface area contributed by atoms with E-state index in [2.05, 4.69) is 19.1 Å². The Morgan fingerprint density at radius 1 is 1.04 bits per heavy atom. The zero-order valence-corrected chi connectivity index (χ0v) is 16.2. The highest BCUT2D eigenvalue weighted by Crippen LogP contribution is 2.35. The molecule has 0 saturated heterocycles. The summed E-state index contributed by atoms with van der Waals surface area (Å²) in [5, 5.41) is 0.661. The van der Waals surface area contributed by atoms with Crippen LogP contribution in [0.4, 0.5) is 0 Å². The summed E-state index contributed by atoms with van der Waals surface area (Å²) in [7, 11) is 0. The SMILES string of the molecule is CCc1ccc(C=C2Oc3cc(OCc4ccccc4Cl)ccc3C2=O)cc1. The molecule has 0 atom stereocenters. The number of hydrogen-bond acceptors (Lipinski definition) is 3. The number of rotatable bonds is 5. The standard InChI is InChI=1S/C24H19ClO3/c1-2-16-7-9-17(10-8-16)13-23-24(26)20-12-11-19(14-22(20)28-23)27-15-18-5-3-4-6-21(18)25/h3-14H,2,15H2,1H3. The highest BCUT2D eigenvalue weighted by atomic mass is 35.5. The predicted octanol–water partition coefficient (Wildman–Crippen LogP) is 6.10. The van der Waals surface area contributed by atoms with Crippen molar-refractivity contribution in [2.75, 3.05) is 0 Å². The monoisotopic (exact) mass is 390 g/mol. The predicted molar refractivity (Wildman–Crippen MR) is 111 cm³/mol. The van der Waals surface area contributed by atoms with E-state index in [1.807, 2.05) is 36.4 Å². The third-order valence-corrected chi connectivity index (χ3v) is 5.05. The molecule has 0 saturated carbocycles. The fourth-order valence-electron chi connectivity index (χ4n) is 3.03. The van der Waals surface area contributed by atoms with Gasteiger partial charge in [0.05, 0.1) is 5.56 Å². The molecule has 0 bridgehead atoms. The van der Waals surface area contributed by atoms with Gasteiger partial charge in [0.25, 0.3) is 0 Å². The number of Topliss-reactive ketones (excluding diaryl/α,β-unsaturated/α-hetero) is 1. The lowest BCUT2D eigenvalue weighted by Crippen LogP contribution is -1.98. The van der Waals surface area contributed by atoms with Gasteiger partial charge in [0.1, 0.15) is 18.1 Å². The van der Waals surface area contributed by atoms with Gasteiger partial charge in [-0.25, -0.2) is 0 Å². The van der Waals surface area contributed by atoms with Crippen molar-refractivity contribution >= 4 is 23.5 Å². The Labute approximate surface area is 169 Å². The van der Waals surface area contributed by atoms with E-state index in [-0.39, 0.29) is 5.78 Å². The fourth-order valence-corrected chi connectivity index (χ4v) is 3.22. The van der Waals surface area contributed by atoms with Gasteiger partial charge in [-0.2, -0.15) is 0 Å². The van der Waals surface area contributed by atoms with Gasteiger partial charge >= 0.3 is 0 Å². The number of hydrogen-bond donors (Lipinski definition) is 0. The van der Waals surface area contributed by atoms with E-state index in [0.29, 0.717) is 34.5 Å². The van der Waals surface area contributed by atoms with Gasteiger partial charge in [0.15, 0.2) is 5.76 Å². The van der Waals surface area contributed by atoms with Crippen LogP contribution in [-0.4, -0.2) is 5.78 Å². The van der Waals surface area contributed by atoms with E-state index < -0.39 is 0 Å². The highest BCUT2D eigenvalue weighted by Gasteiger charge is 2.27. The number of ether oxygens (including phenoxy) is 2. The topological polar surface area (TPSA) is 35.5 Å². The molecule has 3 aromatic carbocycles. The van der Waals surface area contributed by atoms with Crippen molar-refractivity contribution in [3.8, 4) is 11.5 Å². The number of benzene rings is 3. The molecule has 0 aliphatic carbocycles. The summed E-state index contributed by atoms with van der Waals surface area (Å²) < 4.78 is 11.6. The second kappa shape index (κ2) is 7.91. The number of ketones is 1. The summed E-state index contributed by atoms with van der Waals surface area (Å²) in [6.45, 7) is 2.46. The molecule has 0 fully saturated rings. The molecule has 0 unspecified atom stereocenters. The molecule has 0 aromatic heterocycles. The van der Waals surface area contributed by atoms with Crippen LogP contribution < -0.4 is 9.47 Å². The minimum absolute atomic E-state index is 0.118. The molecule has 4 heteroatoms. The van der Waals surface area contributed by atoms with Gasteiger partial charge in [0, 0.05) is 16.7 Å². The van der Waals surface area contributed by atoms with Crippen LogP contribution >= 0.6 is 11.6 Å². The lowest BCUT2D eigenvalue weighted by molar-refractivity contribution is 0.101. The first-order valence-corrected chi connectivity index (χ1v) is 9.55. The van der Waals surface area contributed by atoms with E-state index in [1.54, 1.807) is 24.3 Å². The Balaban J connectivity index is 1.50. The quantitative estimate of drug-likeness (QED) is 0.494. The van der Waals surface area contributed by atoms with Gasteiger partial charge in [-0.1, -0.05) is 61.0 Å². The Bertz CT molecular complexity index is 1050. The van der Waals surface area contributed by atoms with Crippen LogP contribution in [0.3, 0.4) is 0 Å². The molecule has 4 rings (SSSR count). The van der Waals surface area contributed by atoms with Crippen molar-refractivity contribution in [2.24, 2.45) is 0 Å². The normalized spacial score (nSPS) is 14.1. The maximum absolute atomic E-state index is 12.6. The maximum Gasteiger partial charge on any atom is 0.231 e. The average molecular weight is 391 g/mol. The van der Waals surface area contributed by atoms with Crippen molar-refractivity contribution in [3.05, 3.63) is 99.8 Å². The maximum atomic E-state index is 12.6. The molecule has 0 spiro atoms. The first kappa shape index (κ1) is 18.3. The summed E-state index contributed by atoms with van der Waals surface area (Å²) >= 11 is 6.16. The summed E-state index contributed by atoms with van der Waals surface area (Å²) in [4.78, 5) is 12.6. The summed E-state index contributed by atoms with van der Waals surface area (Å²) in [5.41, 5.74) is 3.63. The van der Waals surface area contributed by atoms with Gasteiger partial charge in [-0.15, -0.1) is 0 Å². The Hall–Kier alpha value is -3.04. The molecule has 140 valence electrons. The molecule has 0 amide bonds. The van der Waals surface area contributed by atoms with Crippen LogP contribution in [0.1, 0.15) is 34.0 Å². The van der Waals surface area contributed by atoms with E-state index in [9.17, 15) is 4.79 Å². The van der Waals surface area contributed by atoms with Crippen LogP contribution in [-0.2, 0) is 13.0 Å². The number of carbonyl (C=O) groups is 1. The summed E-state index contributed by atoms with van der Waals surface area (Å²) in [5.74, 6) is 1.34. The van der Waals surface area contributed by atoms with E-state index in [4.69, 9.17) is 21.1 Å². The molecule has 0 radical (unpaired) electrons. The molecule has 1 aliphatic rings. The highest BCUT2D eigenvalue weighted by molar-refractivity contribution is 6.31. The largest absolute Gasteiger partial charge is 0.489 e. The Kier molecular flexibility index (Phi) is 5.18. The summed E-state index contributed by atoms with van der Waals surface area (Å²) in [6, 6.07) is 20.9. The first-order valence-electron chi connectivity index (χ1n) is 9.17. The zero-order chi connectivity index (χ0) is 19.5. The van der Waals surface area contributed by atoms with Gasteiger partial charge in [-0.05, 0) is 41.8 Å². The minimum Gasteiger partial charge on any atom is -0.489 e. The molecule has 28 heavy (non-hydrogen) atoms. The van der Waals surface area contributed by atoms with Crippen LogP contribution in [0.2, 0.25) is 5.02 Å². The number of aryl methyl sites for hydroxylation is 1. The van der Waals surface area contributed by atoms with Crippen molar-refractivity contribution in [1.82, 2.24) is 0 Å². The molecule has 3 aromatic rings. The second-order valence-corrected chi connectivity index (χ2v) is 6.98. The molecule has 1 aliphatic heterocycles. The third-order valence-electron chi connectivity index (χ3n) is 4.68. The van der Waals surface area contributed by atoms with Crippen LogP contribution in [0, 0.1) is 0 Å².